The van der Waals surface area contributed by atoms with Crippen LogP contribution in [0.4, 0.5) is 0 Å². The highest BCUT2D eigenvalue weighted by atomic mass is 16.6. The topological polar surface area (TPSA) is 31.0 Å². The van der Waals surface area contributed by atoms with E-state index in [9.17, 15) is 0 Å². The highest BCUT2D eigenvalue weighted by molar-refractivity contribution is 5.64. The van der Waals surface area contributed by atoms with Crippen LogP contribution >= 0.6 is 0 Å². The molecule has 4 rings (SSSR count). The number of hydrogen-bond donors (Lipinski definition) is 0. The van der Waals surface area contributed by atoms with Gasteiger partial charge in [-0.15, -0.1) is 0 Å². The van der Waals surface area contributed by atoms with Gasteiger partial charge in [0.1, 0.15) is 11.5 Å². The van der Waals surface area contributed by atoms with E-state index in [1.165, 1.54) is 43.2 Å². The van der Waals surface area contributed by atoms with Gasteiger partial charge in [0.2, 0.25) is 0 Å². The quantitative estimate of drug-likeness (QED) is 0.360. The van der Waals surface area contributed by atoms with E-state index in [2.05, 4.69) is 55.5 Å². The maximum absolute atomic E-state index is 6.02. The van der Waals surface area contributed by atoms with E-state index in [0.717, 1.165) is 37.6 Å². The van der Waals surface area contributed by atoms with Crippen molar-refractivity contribution in [3.8, 4) is 22.6 Å². The van der Waals surface area contributed by atoms with E-state index in [0.29, 0.717) is 18.1 Å². The summed E-state index contributed by atoms with van der Waals surface area (Å²) in [7, 11) is 0. The van der Waals surface area contributed by atoms with Gasteiger partial charge in [-0.3, -0.25) is 0 Å². The van der Waals surface area contributed by atoms with E-state index in [1.54, 1.807) is 0 Å². The highest BCUT2D eigenvalue weighted by Gasteiger charge is 2.43. The molecule has 150 valence electrons. The van der Waals surface area contributed by atoms with Crippen LogP contribution in [-0.2, 0) is 4.74 Å². The predicted molar refractivity (Wildman–Crippen MR) is 113 cm³/mol. The fourth-order valence-electron chi connectivity index (χ4n) is 4.06. The Morgan fingerprint density at radius 2 is 1.46 bits per heavy atom. The average Bonchev–Trinajstić information content (AvgIpc) is 3.52. The molecule has 0 bridgehead atoms. The molecular formula is C25H32O3. The molecule has 2 aromatic rings. The number of hydrogen-bond acceptors (Lipinski definition) is 3. The minimum absolute atomic E-state index is 0.521. The zero-order valence-electron chi connectivity index (χ0n) is 16.9. The minimum atomic E-state index is 0.521. The maximum Gasteiger partial charge on any atom is 0.119 e. The molecule has 1 saturated carbocycles. The number of ether oxygens (including phenoxy) is 3. The summed E-state index contributed by atoms with van der Waals surface area (Å²) in [5, 5.41) is 0. The summed E-state index contributed by atoms with van der Waals surface area (Å²) in [6.45, 7) is 3.84. The lowest BCUT2D eigenvalue weighted by atomic mass is 9.90. The Balaban J connectivity index is 1.23. The Bertz CT molecular complexity index is 722. The first kappa shape index (κ1) is 19.3. The molecule has 3 unspecified atom stereocenters. The number of benzene rings is 2. The van der Waals surface area contributed by atoms with Crippen molar-refractivity contribution < 1.29 is 14.2 Å². The molecule has 1 aliphatic heterocycles. The van der Waals surface area contributed by atoms with Gasteiger partial charge in [-0.25, -0.2) is 0 Å². The Hall–Kier alpha value is -2.00. The van der Waals surface area contributed by atoms with Crippen molar-refractivity contribution in [2.45, 2.75) is 64.1 Å². The monoisotopic (exact) mass is 380 g/mol. The first-order valence-electron chi connectivity index (χ1n) is 10.9. The molecule has 2 fully saturated rings. The normalized spacial score (nSPS) is 23.1. The van der Waals surface area contributed by atoms with Gasteiger partial charge < -0.3 is 14.2 Å². The number of epoxide rings is 1. The number of fused-ring (bicyclic) bond motifs is 1. The Morgan fingerprint density at radius 1 is 0.786 bits per heavy atom. The van der Waals surface area contributed by atoms with Crippen molar-refractivity contribution in [1.82, 2.24) is 0 Å². The van der Waals surface area contributed by atoms with E-state index < -0.39 is 0 Å². The molecule has 0 N–H and O–H groups in total. The van der Waals surface area contributed by atoms with Crippen LogP contribution in [0.5, 0.6) is 11.5 Å². The van der Waals surface area contributed by atoms with Crippen LogP contribution in [-0.4, -0.2) is 25.4 Å². The van der Waals surface area contributed by atoms with E-state index in [4.69, 9.17) is 14.2 Å². The van der Waals surface area contributed by atoms with Crippen LogP contribution in [0, 0.1) is 5.92 Å². The third kappa shape index (κ3) is 5.29. The van der Waals surface area contributed by atoms with Gasteiger partial charge in [0, 0.05) is 0 Å². The number of unbranched alkanes of at least 4 members (excludes halogenated alkanes) is 3. The molecule has 1 heterocycles. The molecule has 2 aromatic carbocycles. The van der Waals surface area contributed by atoms with Crippen molar-refractivity contribution in [3.63, 3.8) is 0 Å². The predicted octanol–water partition coefficient (Wildman–Crippen LogP) is 6.26. The molecule has 0 amide bonds. The van der Waals surface area contributed by atoms with Gasteiger partial charge in [0.15, 0.2) is 0 Å². The summed E-state index contributed by atoms with van der Waals surface area (Å²) in [5.74, 6) is 2.54. The molecule has 0 radical (unpaired) electrons. The lowest BCUT2D eigenvalue weighted by Gasteiger charge is -2.19. The van der Waals surface area contributed by atoms with E-state index in [-0.39, 0.29) is 0 Å². The van der Waals surface area contributed by atoms with E-state index >= 15 is 0 Å². The van der Waals surface area contributed by atoms with Gasteiger partial charge in [-0.2, -0.15) is 0 Å². The highest BCUT2D eigenvalue weighted by Crippen LogP contribution is 2.39. The lowest BCUT2D eigenvalue weighted by Crippen LogP contribution is -2.19. The van der Waals surface area contributed by atoms with Gasteiger partial charge in [0.05, 0.1) is 25.4 Å². The third-order valence-corrected chi connectivity index (χ3v) is 5.91. The van der Waals surface area contributed by atoms with Gasteiger partial charge in [0.25, 0.3) is 0 Å². The molecule has 1 saturated heterocycles. The zero-order valence-corrected chi connectivity index (χ0v) is 16.9. The fraction of sp³-hybridized carbons (Fsp3) is 0.520. The van der Waals surface area contributed by atoms with Crippen LogP contribution in [0.1, 0.15) is 51.9 Å². The van der Waals surface area contributed by atoms with Gasteiger partial charge in [-0.1, -0.05) is 50.5 Å². The lowest BCUT2D eigenvalue weighted by molar-refractivity contribution is 0.217. The smallest absolute Gasteiger partial charge is 0.119 e. The first-order valence-corrected chi connectivity index (χ1v) is 10.9. The van der Waals surface area contributed by atoms with Crippen molar-refractivity contribution >= 4 is 0 Å². The molecule has 3 nitrogen and oxygen atoms in total. The summed E-state index contributed by atoms with van der Waals surface area (Å²) < 4.78 is 17.5. The van der Waals surface area contributed by atoms with Gasteiger partial charge in [-0.05, 0) is 67.0 Å². The van der Waals surface area contributed by atoms with Gasteiger partial charge >= 0.3 is 0 Å². The summed E-state index contributed by atoms with van der Waals surface area (Å²) >= 11 is 0. The van der Waals surface area contributed by atoms with Crippen molar-refractivity contribution in [1.29, 1.82) is 0 Å². The van der Waals surface area contributed by atoms with E-state index in [1.807, 2.05) is 0 Å². The molecular weight excluding hydrogens is 348 g/mol. The maximum atomic E-state index is 6.02. The molecule has 2 aliphatic rings. The number of rotatable bonds is 10. The minimum Gasteiger partial charge on any atom is -0.494 e. The standard InChI is InChI=1S/C25H32O3/c1-2-3-4-5-16-26-22-11-7-20(8-12-22)21-9-13-23(14-10-21)27-18-19-6-15-24-25(17-19)28-24/h7-14,19,24-25H,2-6,15-18H2,1H3. The largest absolute Gasteiger partial charge is 0.494 e. The second kappa shape index (κ2) is 9.47. The first-order chi connectivity index (χ1) is 13.8. The summed E-state index contributed by atoms with van der Waals surface area (Å²) in [6.07, 6.45) is 9.61. The summed E-state index contributed by atoms with van der Waals surface area (Å²) in [5.41, 5.74) is 2.41. The molecule has 28 heavy (non-hydrogen) atoms. The van der Waals surface area contributed by atoms with Crippen LogP contribution in [0.15, 0.2) is 48.5 Å². The summed E-state index contributed by atoms with van der Waals surface area (Å²) in [6, 6.07) is 16.8. The van der Waals surface area contributed by atoms with Crippen molar-refractivity contribution in [2.75, 3.05) is 13.2 Å². The molecule has 0 aromatic heterocycles. The van der Waals surface area contributed by atoms with Crippen molar-refractivity contribution in [2.24, 2.45) is 5.92 Å². The van der Waals surface area contributed by atoms with Crippen LogP contribution in [0.2, 0.25) is 0 Å². The second-order valence-corrected chi connectivity index (χ2v) is 8.16. The molecule has 3 atom stereocenters. The molecule has 0 spiro atoms. The Morgan fingerprint density at radius 3 is 2.11 bits per heavy atom. The van der Waals surface area contributed by atoms with Crippen molar-refractivity contribution in [3.05, 3.63) is 48.5 Å². The zero-order chi connectivity index (χ0) is 19.2. The van der Waals surface area contributed by atoms with Crippen LogP contribution in [0.3, 0.4) is 0 Å². The molecule has 1 aliphatic carbocycles. The summed E-state index contributed by atoms with van der Waals surface area (Å²) in [4.78, 5) is 0. The fourth-order valence-corrected chi connectivity index (χ4v) is 4.06. The van der Waals surface area contributed by atoms with Crippen LogP contribution in [0.25, 0.3) is 11.1 Å². The Labute approximate surface area is 169 Å². The second-order valence-electron chi connectivity index (χ2n) is 8.16. The SMILES string of the molecule is CCCCCCOc1ccc(-c2ccc(OCC3CCC4OC4C3)cc2)cc1. The third-order valence-electron chi connectivity index (χ3n) is 5.91. The molecule has 3 heteroatoms. The Kier molecular flexibility index (Phi) is 6.53. The van der Waals surface area contributed by atoms with Crippen LogP contribution < -0.4 is 9.47 Å². The average molecular weight is 381 g/mol.